The number of aryl methyl sites for hydroxylation is 1. The Morgan fingerprint density at radius 1 is 1.33 bits per heavy atom. The second-order valence-corrected chi connectivity index (χ2v) is 5.29. The first-order valence-corrected chi connectivity index (χ1v) is 6.87. The topological polar surface area (TPSA) is 43.8 Å². The molecule has 2 N–H and O–H groups in total. The molecule has 1 atom stereocenters. The number of hydrogen-bond acceptors (Lipinski definition) is 3. The van der Waals surface area contributed by atoms with Gasteiger partial charge in [0.1, 0.15) is 5.82 Å². The molecule has 2 aromatic heterocycles. The van der Waals surface area contributed by atoms with E-state index in [9.17, 15) is 0 Å². The summed E-state index contributed by atoms with van der Waals surface area (Å²) in [5, 5.41) is 4.30. The van der Waals surface area contributed by atoms with Crippen molar-refractivity contribution < 1.29 is 0 Å². The van der Waals surface area contributed by atoms with Crippen molar-refractivity contribution in [3.63, 3.8) is 0 Å². The molecule has 18 heavy (non-hydrogen) atoms. The predicted molar refractivity (Wildman–Crippen MR) is 77.0 cm³/mol. The number of nitrogen functional groups attached to an aromatic ring is 1. The van der Waals surface area contributed by atoms with E-state index in [2.05, 4.69) is 33.3 Å². The van der Waals surface area contributed by atoms with Gasteiger partial charge < -0.3 is 10.3 Å². The highest BCUT2D eigenvalue weighted by Crippen LogP contribution is 2.27. The first-order chi connectivity index (χ1) is 8.66. The number of benzene rings is 1. The Bertz CT molecular complexity index is 682. The zero-order valence-electron chi connectivity index (χ0n) is 10.4. The van der Waals surface area contributed by atoms with Gasteiger partial charge in [0.2, 0.25) is 0 Å². The third-order valence-corrected chi connectivity index (χ3v) is 4.00. The number of rotatable bonds is 2. The zero-order chi connectivity index (χ0) is 12.7. The molecule has 0 amide bonds. The molecular weight excluding hydrogens is 242 g/mol. The molecule has 1 aromatic carbocycles. The monoisotopic (exact) mass is 257 g/mol. The largest absolute Gasteiger partial charge is 0.399 e. The third kappa shape index (κ3) is 1.69. The number of nitrogens with zero attached hydrogens (tertiary/aromatic N) is 2. The minimum atomic E-state index is 0.296. The highest BCUT2D eigenvalue weighted by atomic mass is 32.1. The van der Waals surface area contributed by atoms with Crippen molar-refractivity contribution in [3.05, 3.63) is 46.4 Å². The minimum absolute atomic E-state index is 0.296. The quantitative estimate of drug-likeness (QED) is 0.713. The Kier molecular flexibility index (Phi) is 2.59. The van der Waals surface area contributed by atoms with Gasteiger partial charge in [-0.15, -0.1) is 0 Å². The first-order valence-electron chi connectivity index (χ1n) is 5.93. The Labute approximate surface area is 110 Å². The Morgan fingerprint density at radius 2 is 2.17 bits per heavy atom. The Morgan fingerprint density at radius 3 is 2.89 bits per heavy atom. The van der Waals surface area contributed by atoms with Gasteiger partial charge in [-0.1, -0.05) is 0 Å². The zero-order valence-corrected chi connectivity index (χ0v) is 11.2. The maximum Gasteiger partial charge on any atom is 0.107 e. The van der Waals surface area contributed by atoms with E-state index in [0.29, 0.717) is 6.04 Å². The lowest BCUT2D eigenvalue weighted by Crippen LogP contribution is -2.07. The van der Waals surface area contributed by atoms with Crippen LogP contribution in [0.4, 0.5) is 5.69 Å². The molecule has 0 aliphatic heterocycles. The van der Waals surface area contributed by atoms with E-state index >= 15 is 0 Å². The molecular formula is C14H15N3S. The Hall–Kier alpha value is -1.81. The first kappa shape index (κ1) is 11.3. The van der Waals surface area contributed by atoms with Crippen molar-refractivity contribution in [1.29, 1.82) is 0 Å². The molecule has 4 heteroatoms. The van der Waals surface area contributed by atoms with Crippen LogP contribution in [0.3, 0.4) is 0 Å². The van der Waals surface area contributed by atoms with E-state index in [1.54, 1.807) is 11.3 Å². The van der Waals surface area contributed by atoms with Gasteiger partial charge in [0.05, 0.1) is 17.1 Å². The van der Waals surface area contributed by atoms with Crippen LogP contribution in [0.1, 0.15) is 24.4 Å². The van der Waals surface area contributed by atoms with E-state index < -0.39 is 0 Å². The Balaban J connectivity index is 2.19. The normalized spacial score (nSPS) is 13.0. The van der Waals surface area contributed by atoms with Crippen molar-refractivity contribution >= 4 is 28.1 Å². The number of fused-ring (bicyclic) bond motifs is 1. The number of thiophene rings is 1. The fourth-order valence-corrected chi connectivity index (χ4v) is 3.13. The van der Waals surface area contributed by atoms with Gasteiger partial charge in [0.15, 0.2) is 0 Å². The molecule has 0 radical (unpaired) electrons. The van der Waals surface area contributed by atoms with Gasteiger partial charge in [-0.05, 0) is 54.4 Å². The van der Waals surface area contributed by atoms with E-state index in [-0.39, 0.29) is 0 Å². The number of nitrogens with two attached hydrogens (primary N) is 1. The fraction of sp³-hybridized carbons (Fsp3) is 0.214. The van der Waals surface area contributed by atoms with Gasteiger partial charge in [-0.25, -0.2) is 4.98 Å². The SMILES string of the molecule is Cc1nc2cc(N)ccc2n1C(C)c1ccsc1. The minimum Gasteiger partial charge on any atom is -0.399 e. The van der Waals surface area contributed by atoms with Crippen LogP contribution in [0.25, 0.3) is 11.0 Å². The number of imidazole rings is 1. The van der Waals surface area contributed by atoms with Crippen LogP contribution in [0.5, 0.6) is 0 Å². The number of aromatic nitrogens is 2. The summed E-state index contributed by atoms with van der Waals surface area (Å²) in [6.07, 6.45) is 0. The maximum atomic E-state index is 5.81. The smallest absolute Gasteiger partial charge is 0.107 e. The van der Waals surface area contributed by atoms with Crippen LogP contribution in [0.2, 0.25) is 0 Å². The molecule has 92 valence electrons. The lowest BCUT2D eigenvalue weighted by molar-refractivity contribution is 0.639. The molecule has 0 spiro atoms. The summed E-state index contributed by atoms with van der Waals surface area (Å²) >= 11 is 1.73. The van der Waals surface area contributed by atoms with Crippen molar-refractivity contribution in [3.8, 4) is 0 Å². The van der Waals surface area contributed by atoms with Crippen molar-refractivity contribution in [2.75, 3.05) is 5.73 Å². The molecule has 3 aromatic rings. The van der Waals surface area contributed by atoms with Crippen molar-refractivity contribution in [2.45, 2.75) is 19.9 Å². The van der Waals surface area contributed by atoms with Gasteiger partial charge in [0, 0.05) is 5.69 Å². The highest BCUT2D eigenvalue weighted by Gasteiger charge is 2.15. The van der Waals surface area contributed by atoms with Gasteiger partial charge >= 0.3 is 0 Å². The molecule has 0 bridgehead atoms. The standard InChI is InChI=1S/C14H15N3S/c1-9(11-5-6-18-8-11)17-10(2)16-13-7-12(15)3-4-14(13)17/h3-9H,15H2,1-2H3. The molecule has 3 rings (SSSR count). The molecule has 0 fully saturated rings. The summed E-state index contributed by atoms with van der Waals surface area (Å²) in [5.74, 6) is 1.02. The van der Waals surface area contributed by atoms with Gasteiger partial charge in [-0.3, -0.25) is 0 Å². The molecule has 3 nitrogen and oxygen atoms in total. The summed E-state index contributed by atoms with van der Waals surface area (Å²) in [7, 11) is 0. The summed E-state index contributed by atoms with van der Waals surface area (Å²) in [6, 6.07) is 8.37. The molecule has 1 unspecified atom stereocenters. The summed E-state index contributed by atoms with van der Waals surface area (Å²) < 4.78 is 2.26. The summed E-state index contributed by atoms with van der Waals surface area (Å²) in [5.41, 5.74) is 9.99. The molecule has 0 aliphatic rings. The van der Waals surface area contributed by atoms with Crippen LogP contribution in [0.15, 0.2) is 35.0 Å². The van der Waals surface area contributed by atoms with Gasteiger partial charge in [-0.2, -0.15) is 11.3 Å². The summed E-state index contributed by atoms with van der Waals surface area (Å²) in [4.78, 5) is 4.59. The fourth-order valence-electron chi connectivity index (χ4n) is 2.39. The predicted octanol–water partition coefficient (Wildman–Crippen LogP) is 3.60. The second-order valence-electron chi connectivity index (χ2n) is 4.51. The van der Waals surface area contributed by atoms with Crippen LogP contribution in [-0.2, 0) is 0 Å². The summed E-state index contributed by atoms with van der Waals surface area (Å²) in [6.45, 7) is 4.24. The molecule has 0 saturated heterocycles. The molecule has 2 heterocycles. The van der Waals surface area contributed by atoms with Crippen molar-refractivity contribution in [1.82, 2.24) is 9.55 Å². The third-order valence-electron chi connectivity index (χ3n) is 3.30. The van der Waals surface area contributed by atoms with E-state index in [4.69, 9.17) is 5.73 Å². The number of anilines is 1. The maximum absolute atomic E-state index is 5.81. The average Bonchev–Trinajstić information content (AvgIpc) is 2.94. The molecule has 0 aliphatic carbocycles. The second kappa shape index (κ2) is 4.14. The van der Waals surface area contributed by atoms with Crippen molar-refractivity contribution in [2.24, 2.45) is 0 Å². The van der Waals surface area contributed by atoms with Crippen LogP contribution >= 0.6 is 11.3 Å². The number of hydrogen-bond donors (Lipinski definition) is 1. The lowest BCUT2D eigenvalue weighted by atomic mass is 10.1. The van der Waals surface area contributed by atoms with Crippen LogP contribution in [0, 0.1) is 6.92 Å². The molecule has 0 saturated carbocycles. The van der Waals surface area contributed by atoms with Gasteiger partial charge in [0.25, 0.3) is 0 Å². The van der Waals surface area contributed by atoms with Crippen LogP contribution in [-0.4, -0.2) is 9.55 Å². The van der Waals surface area contributed by atoms with E-state index in [1.165, 1.54) is 5.56 Å². The highest BCUT2D eigenvalue weighted by molar-refractivity contribution is 7.07. The van der Waals surface area contributed by atoms with E-state index in [0.717, 1.165) is 22.5 Å². The van der Waals surface area contributed by atoms with Crippen LogP contribution < -0.4 is 5.73 Å². The van der Waals surface area contributed by atoms with E-state index in [1.807, 2.05) is 25.1 Å². The average molecular weight is 257 g/mol. The lowest BCUT2D eigenvalue weighted by Gasteiger charge is -2.15.